The highest BCUT2D eigenvalue weighted by Crippen LogP contribution is 2.21. The van der Waals surface area contributed by atoms with E-state index >= 15 is 0 Å². The van der Waals surface area contributed by atoms with Crippen LogP contribution in [0.4, 0.5) is 0 Å². The number of nitrogens with one attached hydrogen (secondary N) is 1. The van der Waals surface area contributed by atoms with Gasteiger partial charge in [0.15, 0.2) is 5.82 Å². The van der Waals surface area contributed by atoms with Crippen LogP contribution in [0.15, 0.2) is 23.6 Å². The van der Waals surface area contributed by atoms with Crippen molar-refractivity contribution in [2.24, 2.45) is 0 Å². The van der Waals surface area contributed by atoms with Gasteiger partial charge in [0.25, 0.3) is 0 Å². The number of aryl methyl sites for hydroxylation is 1. The van der Waals surface area contributed by atoms with Crippen molar-refractivity contribution in [1.82, 2.24) is 15.3 Å². The van der Waals surface area contributed by atoms with E-state index in [1.54, 1.807) is 11.3 Å². The molecule has 0 bridgehead atoms. The lowest BCUT2D eigenvalue weighted by atomic mass is 10.1. The second kappa shape index (κ2) is 5.16. The van der Waals surface area contributed by atoms with Gasteiger partial charge in [-0.05, 0) is 45.2 Å². The maximum Gasteiger partial charge on any atom is 0.169 e. The van der Waals surface area contributed by atoms with Crippen molar-refractivity contribution in [2.45, 2.75) is 39.8 Å². The fourth-order valence-corrected chi connectivity index (χ4v) is 2.25. The zero-order chi connectivity index (χ0) is 13.2. The summed E-state index contributed by atoms with van der Waals surface area (Å²) < 4.78 is 0. The maximum atomic E-state index is 4.62. The third-order valence-electron chi connectivity index (χ3n) is 2.45. The minimum Gasteiger partial charge on any atom is -0.306 e. The number of thiophene rings is 1. The first-order valence-electron chi connectivity index (χ1n) is 6.07. The molecule has 0 unspecified atom stereocenters. The molecule has 0 spiro atoms. The van der Waals surface area contributed by atoms with Crippen LogP contribution in [0.25, 0.3) is 10.7 Å². The minimum atomic E-state index is 0.0992. The molecule has 1 N–H and O–H groups in total. The van der Waals surface area contributed by atoms with Gasteiger partial charge in [0.1, 0.15) is 0 Å². The summed E-state index contributed by atoms with van der Waals surface area (Å²) in [7, 11) is 0. The van der Waals surface area contributed by atoms with E-state index in [0.29, 0.717) is 0 Å². The lowest BCUT2D eigenvalue weighted by Crippen LogP contribution is -2.35. The van der Waals surface area contributed by atoms with Crippen LogP contribution < -0.4 is 5.32 Å². The Morgan fingerprint density at radius 2 is 2.06 bits per heavy atom. The Labute approximate surface area is 112 Å². The second-order valence-corrected chi connectivity index (χ2v) is 6.35. The average molecular weight is 261 g/mol. The van der Waals surface area contributed by atoms with Crippen molar-refractivity contribution < 1.29 is 0 Å². The molecule has 0 aliphatic carbocycles. The van der Waals surface area contributed by atoms with Crippen molar-refractivity contribution in [3.8, 4) is 10.7 Å². The van der Waals surface area contributed by atoms with Gasteiger partial charge < -0.3 is 5.32 Å². The molecule has 0 fully saturated rings. The second-order valence-electron chi connectivity index (χ2n) is 5.41. The summed E-state index contributed by atoms with van der Waals surface area (Å²) in [6.07, 6.45) is 0. The average Bonchev–Trinajstić information content (AvgIpc) is 2.78. The van der Waals surface area contributed by atoms with Gasteiger partial charge in [0, 0.05) is 17.8 Å². The van der Waals surface area contributed by atoms with Crippen LogP contribution in [0.5, 0.6) is 0 Å². The number of nitrogens with zero attached hydrogens (tertiary/aromatic N) is 2. The van der Waals surface area contributed by atoms with Crippen LogP contribution in [0.1, 0.15) is 32.2 Å². The molecule has 0 saturated carbocycles. The minimum absolute atomic E-state index is 0.0992. The monoisotopic (exact) mass is 261 g/mol. The molecular formula is C14H19N3S. The van der Waals surface area contributed by atoms with E-state index in [-0.39, 0.29) is 5.54 Å². The van der Waals surface area contributed by atoms with Gasteiger partial charge in [-0.25, -0.2) is 9.97 Å². The van der Waals surface area contributed by atoms with Crippen molar-refractivity contribution in [1.29, 1.82) is 0 Å². The van der Waals surface area contributed by atoms with E-state index in [2.05, 4.69) is 42.1 Å². The van der Waals surface area contributed by atoms with Crippen molar-refractivity contribution in [3.63, 3.8) is 0 Å². The molecule has 0 saturated heterocycles. The maximum absolute atomic E-state index is 4.62. The summed E-state index contributed by atoms with van der Waals surface area (Å²) in [5, 5.41) is 5.50. The molecule has 4 heteroatoms. The van der Waals surface area contributed by atoms with Crippen molar-refractivity contribution in [3.05, 3.63) is 35.0 Å². The molecule has 2 aromatic heterocycles. The molecule has 96 valence electrons. The molecular weight excluding hydrogens is 242 g/mol. The lowest BCUT2D eigenvalue weighted by molar-refractivity contribution is 0.421. The highest BCUT2D eigenvalue weighted by molar-refractivity contribution is 7.13. The van der Waals surface area contributed by atoms with Gasteiger partial charge in [-0.1, -0.05) is 6.07 Å². The van der Waals surface area contributed by atoms with Crippen LogP contribution in [0, 0.1) is 6.92 Å². The summed E-state index contributed by atoms with van der Waals surface area (Å²) in [5.41, 5.74) is 2.15. The van der Waals surface area contributed by atoms with E-state index in [4.69, 9.17) is 0 Å². The largest absolute Gasteiger partial charge is 0.306 e. The van der Waals surface area contributed by atoms with E-state index in [1.165, 1.54) is 0 Å². The Bertz CT molecular complexity index is 512. The molecule has 0 amide bonds. The van der Waals surface area contributed by atoms with Crippen LogP contribution >= 0.6 is 11.3 Å². The molecule has 0 aliphatic heterocycles. The van der Waals surface area contributed by atoms with Crippen molar-refractivity contribution >= 4 is 11.3 Å². The number of hydrogen-bond acceptors (Lipinski definition) is 4. The van der Waals surface area contributed by atoms with E-state index in [0.717, 1.165) is 28.6 Å². The van der Waals surface area contributed by atoms with Gasteiger partial charge in [-0.3, -0.25) is 0 Å². The number of hydrogen-bond donors (Lipinski definition) is 1. The smallest absolute Gasteiger partial charge is 0.169 e. The van der Waals surface area contributed by atoms with Crippen LogP contribution in [-0.2, 0) is 6.54 Å². The molecule has 18 heavy (non-hydrogen) atoms. The molecule has 2 rings (SSSR count). The van der Waals surface area contributed by atoms with Gasteiger partial charge in [0.2, 0.25) is 0 Å². The molecule has 0 aliphatic rings. The Balaban J connectivity index is 2.22. The normalized spacial score (nSPS) is 11.8. The highest BCUT2D eigenvalue weighted by Gasteiger charge is 2.11. The van der Waals surface area contributed by atoms with Crippen LogP contribution in [-0.4, -0.2) is 15.5 Å². The molecule has 0 atom stereocenters. The third-order valence-corrected chi connectivity index (χ3v) is 3.31. The lowest BCUT2D eigenvalue weighted by Gasteiger charge is -2.20. The third kappa shape index (κ3) is 3.62. The van der Waals surface area contributed by atoms with Crippen LogP contribution in [0.2, 0.25) is 0 Å². The molecule has 2 heterocycles. The van der Waals surface area contributed by atoms with Gasteiger partial charge >= 0.3 is 0 Å². The summed E-state index contributed by atoms with van der Waals surface area (Å²) in [6.45, 7) is 9.24. The SMILES string of the molecule is Cc1cc(CNC(C)(C)C)nc(-c2cccs2)n1. The first-order valence-corrected chi connectivity index (χ1v) is 6.95. The fraction of sp³-hybridized carbons (Fsp3) is 0.429. The van der Waals surface area contributed by atoms with E-state index in [9.17, 15) is 0 Å². The summed E-state index contributed by atoms with van der Waals surface area (Å²) in [5.74, 6) is 0.829. The predicted molar refractivity (Wildman–Crippen MR) is 76.7 cm³/mol. The van der Waals surface area contributed by atoms with Crippen LogP contribution in [0.3, 0.4) is 0 Å². The Hall–Kier alpha value is -1.26. The van der Waals surface area contributed by atoms with E-state index in [1.807, 2.05) is 24.4 Å². The standard InChI is InChI=1S/C14H19N3S/c1-10-8-11(9-15-14(2,3)4)17-13(16-10)12-6-5-7-18-12/h5-8,15H,9H2,1-4H3. The summed E-state index contributed by atoms with van der Waals surface area (Å²) in [4.78, 5) is 10.2. The molecule has 0 aromatic carbocycles. The fourth-order valence-electron chi connectivity index (χ4n) is 1.60. The number of rotatable bonds is 3. The molecule has 0 radical (unpaired) electrons. The molecule has 3 nitrogen and oxygen atoms in total. The van der Waals surface area contributed by atoms with Gasteiger partial charge in [0.05, 0.1) is 10.6 Å². The zero-order valence-electron chi connectivity index (χ0n) is 11.3. The first-order chi connectivity index (χ1) is 8.44. The van der Waals surface area contributed by atoms with Gasteiger partial charge in [-0.15, -0.1) is 11.3 Å². The Morgan fingerprint density at radius 1 is 1.28 bits per heavy atom. The Morgan fingerprint density at radius 3 is 2.67 bits per heavy atom. The number of aromatic nitrogens is 2. The topological polar surface area (TPSA) is 37.8 Å². The van der Waals surface area contributed by atoms with Crippen molar-refractivity contribution in [2.75, 3.05) is 0 Å². The first kappa shape index (κ1) is 13.2. The molecule has 2 aromatic rings. The van der Waals surface area contributed by atoms with Gasteiger partial charge in [-0.2, -0.15) is 0 Å². The predicted octanol–water partition coefficient (Wildman–Crippen LogP) is 3.40. The highest BCUT2D eigenvalue weighted by atomic mass is 32.1. The summed E-state index contributed by atoms with van der Waals surface area (Å²) >= 11 is 1.67. The Kier molecular flexibility index (Phi) is 3.78. The quantitative estimate of drug-likeness (QED) is 0.920. The zero-order valence-corrected chi connectivity index (χ0v) is 12.1. The summed E-state index contributed by atoms with van der Waals surface area (Å²) in [6, 6.07) is 6.12. The van der Waals surface area contributed by atoms with E-state index < -0.39 is 0 Å².